The van der Waals surface area contributed by atoms with E-state index in [0.29, 0.717) is 25.7 Å². The highest BCUT2D eigenvalue weighted by Crippen LogP contribution is 2.19. The van der Waals surface area contributed by atoms with Crippen LogP contribution in [0.1, 0.15) is 20.8 Å². The Labute approximate surface area is 104 Å². The van der Waals surface area contributed by atoms with Crippen LogP contribution < -0.4 is 5.32 Å². The highest BCUT2D eigenvalue weighted by Gasteiger charge is 2.40. The van der Waals surface area contributed by atoms with Crippen molar-refractivity contribution in [2.45, 2.75) is 39.7 Å². The van der Waals surface area contributed by atoms with Crippen molar-refractivity contribution in [2.75, 3.05) is 19.7 Å². The number of carbonyl (C=O) groups excluding carboxylic acids is 1. The van der Waals surface area contributed by atoms with Crippen LogP contribution in [0.3, 0.4) is 0 Å². The van der Waals surface area contributed by atoms with Gasteiger partial charge in [-0.3, -0.25) is 4.79 Å². The second kappa shape index (κ2) is 6.38. The number of hydrogen-bond donors (Lipinski definition) is 2. The summed E-state index contributed by atoms with van der Waals surface area (Å²) in [5.41, 5.74) is 0. The Bertz CT molecular complexity index is 261. The number of esters is 1. The third kappa shape index (κ3) is 3.98. The third-order valence-corrected chi connectivity index (χ3v) is 3.01. The molecule has 1 fully saturated rings. The summed E-state index contributed by atoms with van der Waals surface area (Å²) in [5.74, 6) is -0.360. The number of nitrogens with one attached hydrogen (secondary N) is 1. The molecule has 0 unspecified atom stereocenters. The van der Waals surface area contributed by atoms with Crippen molar-refractivity contribution in [1.82, 2.24) is 10.1 Å². The van der Waals surface area contributed by atoms with Crippen molar-refractivity contribution in [1.29, 1.82) is 0 Å². The lowest BCUT2D eigenvalue weighted by Crippen LogP contribution is -2.44. The SMILES string of the molecule is CCOC(=O)[C@H]1CN(B(C)O)C[C@@H]1NC(C)C. The van der Waals surface area contributed by atoms with Crippen LogP contribution in [0.25, 0.3) is 0 Å². The standard InChI is InChI=1S/C11H23BN2O3/c1-5-17-11(15)9-6-14(12(4)16)7-10(9)13-8(2)3/h8-10,13,16H,5-7H2,1-4H3/t9-,10-/m0/s1. The van der Waals surface area contributed by atoms with E-state index < -0.39 is 7.05 Å². The predicted octanol–water partition coefficient (Wildman–Crippen LogP) is -0.0418. The maximum atomic E-state index is 11.8. The van der Waals surface area contributed by atoms with Crippen molar-refractivity contribution in [2.24, 2.45) is 5.92 Å². The minimum Gasteiger partial charge on any atom is -0.466 e. The lowest BCUT2D eigenvalue weighted by molar-refractivity contribution is -0.148. The fourth-order valence-electron chi connectivity index (χ4n) is 2.22. The van der Waals surface area contributed by atoms with Gasteiger partial charge in [0.1, 0.15) is 0 Å². The van der Waals surface area contributed by atoms with E-state index in [-0.39, 0.29) is 17.9 Å². The third-order valence-electron chi connectivity index (χ3n) is 3.01. The Morgan fingerprint density at radius 3 is 2.71 bits per heavy atom. The van der Waals surface area contributed by atoms with Crippen molar-refractivity contribution in [3.63, 3.8) is 0 Å². The molecule has 1 rings (SSSR count). The summed E-state index contributed by atoms with van der Waals surface area (Å²) >= 11 is 0. The molecule has 0 aromatic heterocycles. The molecule has 6 heteroatoms. The maximum absolute atomic E-state index is 11.8. The first-order valence-electron chi connectivity index (χ1n) is 6.30. The minimum atomic E-state index is -0.522. The van der Waals surface area contributed by atoms with E-state index >= 15 is 0 Å². The van der Waals surface area contributed by atoms with Crippen LogP contribution >= 0.6 is 0 Å². The molecule has 0 amide bonds. The zero-order chi connectivity index (χ0) is 13.0. The summed E-state index contributed by atoms with van der Waals surface area (Å²) in [7, 11) is -0.522. The molecule has 1 aliphatic heterocycles. The number of rotatable bonds is 5. The number of nitrogens with zero attached hydrogens (tertiary/aromatic N) is 1. The number of hydrogen-bond acceptors (Lipinski definition) is 5. The van der Waals surface area contributed by atoms with E-state index in [9.17, 15) is 9.82 Å². The van der Waals surface area contributed by atoms with Gasteiger partial charge < -0.3 is 19.9 Å². The Morgan fingerprint density at radius 1 is 1.59 bits per heavy atom. The average Bonchev–Trinajstić information content (AvgIpc) is 2.61. The normalized spacial score (nSPS) is 25.3. The van der Waals surface area contributed by atoms with E-state index in [1.807, 2.05) is 25.6 Å². The van der Waals surface area contributed by atoms with Gasteiger partial charge in [-0.15, -0.1) is 0 Å². The largest absolute Gasteiger partial charge is 0.466 e. The topological polar surface area (TPSA) is 61.8 Å². The molecule has 17 heavy (non-hydrogen) atoms. The maximum Gasteiger partial charge on any atom is 0.376 e. The summed E-state index contributed by atoms with van der Waals surface area (Å²) in [6.45, 7) is 9.27. The first kappa shape index (κ1) is 14.5. The summed E-state index contributed by atoms with van der Waals surface area (Å²) in [4.78, 5) is 13.7. The molecule has 0 aromatic carbocycles. The van der Waals surface area contributed by atoms with E-state index in [1.165, 1.54) is 0 Å². The fourth-order valence-corrected chi connectivity index (χ4v) is 2.22. The van der Waals surface area contributed by atoms with Crippen LogP contribution in [0, 0.1) is 5.92 Å². The van der Waals surface area contributed by atoms with Gasteiger partial charge in [0, 0.05) is 25.2 Å². The van der Waals surface area contributed by atoms with Crippen LogP contribution in [-0.4, -0.2) is 54.6 Å². The lowest BCUT2D eigenvalue weighted by atomic mass is 9.86. The highest BCUT2D eigenvalue weighted by molar-refractivity contribution is 6.45. The molecule has 2 N–H and O–H groups in total. The van der Waals surface area contributed by atoms with Crippen LogP contribution in [0.15, 0.2) is 0 Å². The molecule has 0 saturated carbocycles. The highest BCUT2D eigenvalue weighted by atomic mass is 16.5. The quantitative estimate of drug-likeness (QED) is 0.523. The monoisotopic (exact) mass is 242 g/mol. The number of carbonyl (C=O) groups is 1. The first-order valence-corrected chi connectivity index (χ1v) is 6.30. The predicted molar refractivity (Wildman–Crippen MR) is 67.6 cm³/mol. The zero-order valence-electron chi connectivity index (χ0n) is 11.1. The van der Waals surface area contributed by atoms with Gasteiger partial charge in [-0.05, 0) is 13.7 Å². The van der Waals surface area contributed by atoms with Crippen molar-refractivity contribution in [3.05, 3.63) is 0 Å². The Balaban J connectivity index is 2.66. The molecule has 0 spiro atoms. The van der Waals surface area contributed by atoms with E-state index in [2.05, 4.69) is 5.32 Å². The van der Waals surface area contributed by atoms with Gasteiger partial charge in [0.25, 0.3) is 0 Å². The summed E-state index contributed by atoms with van der Waals surface area (Å²) in [5, 5.41) is 12.9. The van der Waals surface area contributed by atoms with Gasteiger partial charge in [-0.25, -0.2) is 0 Å². The molecule has 2 atom stereocenters. The molecular formula is C11H23BN2O3. The van der Waals surface area contributed by atoms with Gasteiger partial charge >= 0.3 is 13.0 Å². The Morgan fingerprint density at radius 2 is 2.24 bits per heavy atom. The van der Waals surface area contributed by atoms with Crippen LogP contribution in [0.5, 0.6) is 0 Å². The smallest absolute Gasteiger partial charge is 0.376 e. The van der Waals surface area contributed by atoms with Crippen LogP contribution in [0.4, 0.5) is 0 Å². The van der Waals surface area contributed by atoms with Crippen molar-refractivity contribution >= 4 is 13.0 Å². The molecule has 0 radical (unpaired) electrons. The summed E-state index contributed by atoms with van der Waals surface area (Å²) in [6.07, 6.45) is 0. The molecule has 98 valence electrons. The Hall–Kier alpha value is -0.585. The van der Waals surface area contributed by atoms with Crippen molar-refractivity contribution < 1.29 is 14.6 Å². The average molecular weight is 242 g/mol. The number of ether oxygens (including phenoxy) is 1. The molecule has 0 aromatic rings. The second-order valence-corrected chi connectivity index (χ2v) is 4.87. The fraction of sp³-hybridized carbons (Fsp3) is 0.909. The van der Waals surface area contributed by atoms with Gasteiger partial charge in [0.15, 0.2) is 0 Å². The first-order chi connectivity index (χ1) is 7.95. The summed E-state index contributed by atoms with van der Waals surface area (Å²) < 4.78 is 5.08. The van der Waals surface area contributed by atoms with E-state index in [4.69, 9.17) is 4.74 Å². The van der Waals surface area contributed by atoms with Gasteiger partial charge in [0.2, 0.25) is 0 Å². The van der Waals surface area contributed by atoms with Gasteiger partial charge in [-0.2, -0.15) is 0 Å². The van der Waals surface area contributed by atoms with Gasteiger partial charge in [0.05, 0.1) is 12.5 Å². The molecule has 1 aliphatic rings. The van der Waals surface area contributed by atoms with Crippen LogP contribution in [-0.2, 0) is 9.53 Å². The molecular weight excluding hydrogens is 219 g/mol. The van der Waals surface area contributed by atoms with E-state index in [1.54, 1.807) is 6.82 Å². The van der Waals surface area contributed by atoms with E-state index in [0.717, 1.165) is 0 Å². The lowest BCUT2D eigenvalue weighted by Gasteiger charge is -2.21. The molecule has 5 nitrogen and oxygen atoms in total. The molecule has 1 heterocycles. The van der Waals surface area contributed by atoms with Gasteiger partial charge in [-0.1, -0.05) is 13.8 Å². The summed E-state index contributed by atoms with van der Waals surface area (Å²) in [6, 6.07) is 0.370. The molecule has 1 saturated heterocycles. The Kier molecular flexibility index (Phi) is 5.43. The second-order valence-electron chi connectivity index (χ2n) is 4.87. The zero-order valence-corrected chi connectivity index (χ0v) is 11.1. The minimum absolute atomic E-state index is 0.0589. The van der Waals surface area contributed by atoms with Crippen LogP contribution in [0.2, 0.25) is 6.82 Å². The van der Waals surface area contributed by atoms with Crippen molar-refractivity contribution in [3.8, 4) is 0 Å². The molecule has 0 bridgehead atoms. The molecule has 0 aliphatic carbocycles.